The predicted octanol–water partition coefficient (Wildman–Crippen LogP) is 0.754. The van der Waals surface area contributed by atoms with Crippen molar-refractivity contribution < 1.29 is 18.0 Å². The van der Waals surface area contributed by atoms with E-state index in [4.69, 9.17) is 0 Å². The van der Waals surface area contributed by atoms with Gasteiger partial charge in [0.05, 0.1) is 11.5 Å². The Labute approximate surface area is 131 Å². The van der Waals surface area contributed by atoms with Crippen LogP contribution in [0.2, 0.25) is 0 Å². The van der Waals surface area contributed by atoms with Gasteiger partial charge >= 0.3 is 6.18 Å². The van der Waals surface area contributed by atoms with Crippen LogP contribution < -0.4 is 10.2 Å². The number of amides is 1. The number of alkyl halides is 3. The second-order valence-electron chi connectivity index (χ2n) is 5.77. The summed E-state index contributed by atoms with van der Waals surface area (Å²) in [4.78, 5) is 23.5. The van der Waals surface area contributed by atoms with Gasteiger partial charge in [-0.25, -0.2) is 9.97 Å². The lowest BCUT2D eigenvalue weighted by atomic mass is 10.1. The maximum absolute atomic E-state index is 12.5. The van der Waals surface area contributed by atoms with Crippen molar-refractivity contribution >= 4 is 11.9 Å². The van der Waals surface area contributed by atoms with Crippen LogP contribution in [0, 0.1) is 5.92 Å². The summed E-state index contributed by atoms with van der Waals surface area (Å²) < 4.78 is 37.5. The highest BCUT2D eigenvalue weighted by molar-refractivity contribution is 5.79. The fraction of sp³-hybridized carbons (Fsp3) is 0.643. The number of hydrogen-bond acceptors (Lipinski definition) is 5. The van der Waals surface area contributed by atoms with E-state index < -0.39 is 11.7 Å². The van der Waals surface area contributed by atoms with Crippen LogP contribution in [0.25, 0.3) is 0 Å². The predicted molar refractivity (Wildman–Crippen MR) is 76.8 cm³/mol. The average Bonchev–Trinajstić information content (AvgIpc) is 3.08. The van der Waals surface area contributed by atoms with Crippen molar-refractivity contribution in [3.63, 3.8) is 0 Å². The highest BCUT2D eigenvalue weighted by atomic mass is 19.4. The zero-order chi connectivity index (χ0) is 16.4. The molecule has 1 aromatic heterocycles. The number of aromatic nitrogens is 2. The van der Waals surface area contributed by atoms with Gasteiger partial charge in [-0.2, -0.15) is 13.2 Å². The number of carbonyl (C=O) groups excluding carboxylic acids is 1. The van der Waals surface area contributed by atoms with Gasteiger partial charge in [0.1, 0.15) is 0 Å². The highest BCUT2D eigenvalue weighted by Gasteiger charge is 2.32. The van der Waals surface area contributed by atoms with Crippen molar-refractivity contribution in [1.29, 1.82) is 0 Å². The monoisotopic (exact) mass is 329 g/mol. The summed E-state index contributed by atoms with van der Waals surface area (Å²) in [7, 11) is 0. The van der Waals surface area contributed by atoms with Gasteiger partial charge in [-0.1, -0.05) is 0 Å². The van der Waals surface area contributed by atoms with E-state index in [9.17, 15) is 18.0 Å². The Morgan fingerprint density at radius 2 is 1.83 bits per heavy atom. The second kappa shape index (κ2) is 6.31. The normalized spacial score (nSPS) is 22.5. The molecule has 126 valence electrons. The van der Waals surface area contributed by atoms with Crippen LogP contribution in [0.15, 0.2) is 12.4 Å². The molecule has 3 rings (SSSR count). The number of rotatable bonds is 2. The molecule has 0 aromatic carbocycles. The Morgan fingerprint density at radius 3 is 2.35 bits per heavy atom. The molecule has 0 radical (unpaired) electrons. The Bertz CT molecular complexity index is 549. The summed E-state index contributed by atoms with van der Waals surface area (Å²) >= 11 is 0. The fourth-order valence-electron chi connectivity index (χ4n) is 2.88. The van der Waals surface area contributed by atoms with Crippen molar-refractivity contribution in [3.05, 3.63) is 18.0 Å². The maximum atomic E-state index is 12.5. The van der Waals surface area contributed by atoms with E-state index in [-0.39, 0.29) is 17.8 Å². The topological polar surface area (TPSA) is 61.4 Å². The minimum absolute atomic E-state index is 0.0452. The zero-order valence-corrected chi connectivity index (χ0v) is 12.5. The molecule has 1 atom stereocenters. The lowest BCUT2D eigenvalue weighted by Crippen LogP contribution is -2.51. The number of piperazine rings is 1. The zero-order valence-electron chi connectivity index (χ0n) is 12.5. The van der Waals surface area contributed by atoms with Gasteiger partial charge in [0, 0.05) is 45.1 Å². The summed E-state index contributed by atoms with van der Waals surface area (Å²) in [5, 5.41) is 3.17. The molecule has 0 spiro atoms. The average molecular weight is 329 g/mol. The van der Waals surface area contributed by atoms with Crippen LogP contribution in [0.1, 0.15) is 12.0 Å². The van der Waals surface area contributed by atoms with Gasteiger partial charge in [0.25, 0.3) is 0 Å². The van der Waals surface area contributed by atoms with Crippen LogP contribution in [0.5, 0.6) is 0 Å². The number of nitrogens with zero attached hydrogens (tertiary/aromatic N) is 4. The molecule has 1 amide bonds. The van der Waals surface area contributed by atoms with E-state index in [1.54, 1.807) is 4.90 Å². The molecule has 9 heteroatoms. The Kier molecular flexibility index (Phi) is 4.38. The van der Waals surface area contributed by atoms with E-state index in [0.717, 1.165) is 31.9 Å². The first kappa shape index (κ1) is 16.0. The molecule has 0 saturated carbocycles. The van der Waals surface area contributed by atoms with Gasteiger partial charge in [-0.05, 0) is 13.0 Å². The summed E-state index contributed by atoms with van der Waals surface area (Å²) in [6.07, 6.45) is -1.98. The summed E-state index contributed by atoms with van der Waals surface area (Å²) in [6, 6.07) is 0. The van der Waals surface area contributed by atoms with E-state index in [1.165, 1.54) is 0 Å². The molecular weight excluding hydrogens is 311 g/mol. The molecular formula is C14H18F3N5O. The molecule has 2 fully saturated rings. The quantitative estimate of drug-likeness (QED) is 0.868. The lowest BCUT2D eigenvalue weighted by Gasteiger charge is -2.35. The van der Waals surface area contributed by atoms with E-state index in [2.05, 4.69) is 15.3 Å². The van der Waals surface area contributed by atoms with E-state index in [1.807, 2.05) is 4.90 Å². The molecule has 1 N–H and O–H groups in total. The lowest BCUT2D eigenvalue weighted by molar-refractivity contribution is -0.138. The molecule has 1 aromatic rings. The van der Waals surface area contributed by atoms with Crippen LogP contribution in [-0.4, -0.2) is 60.0 Å². The SMILES string of the molecule is O=C([C@H]1CCNC1)N1CCN(c2ncc(C(F)(F)F)cn2)CC1. The molecule has 2 aliphatic rings. The van der Waals surface area contributed by atoms with Gasteiger partial charge in [0.2, 0.25) is 11.9 Å². The number of anilines is 1. The Morgan fingerprint density at radius 1 is 1.17 bits per heavy atom. The molecule has 2 aliphatic heterocycles. The van der Waals surface area contributed by atoms with Crippen molar-refractivity contribution in [2.24, 2.45) is 5.92 Å². The second-order valence-corrected chi connectivity index (χ2v) is 5.77. The molecule has 23 heavy (non-hydrogen) atoms. The van der Waals surface area contributed by atoms with Crippen molar-refractivity contribution in [1.82, 2.24) is 20.2 Å². The van der Waals surface area contributed by atoms with Crippen molar-refractivity contribution in [2.45, 2.75) is 12.6 Å². The van der Waals surface area contributed by atoms with Crippen molar-refractivity contribution in [2.75, 3.05) is 44.2 Å². The third kappa shape index (κ3) is 3.54. The largest absolute Gasteiger partial charge is 0.419 e. The molecule has 2 saturated heterocycles. The third-order valence-corrected chi connectivity index (χ3v) is 4.25. The Balaban J connectivity index is 1.57. The first-order chi connectivity index (χ1) is 10.9. The third-order valence-electron chi connectivity index (χ3n) is 4.25. The maximum Gasteiger partial charge on any atom is 0.419 e. The van der Waals surface area contributed by atoms with Crippen LogP contribution in [0.4, 0.5) is 19.1 Å². The number of carbonyl (C=O) groups is 1. The van der Waals surface area contributed by atoms with Gasteiger partial charge in [0.15, 0.2) is 0 Å². The molecule has 0 aliphatic carbocycles. The molecule has 0 unspecified atom stereocenters. The number of halogens is 3. The summed E-state index contributed by atoms with van der Waals surface area (Å²) in [5.41, 5.74) is -0.858. The smallest absolute Gasteiger partial charge is 0.339 e. The van der Waals surface area contributed by atoms with Gasteiger partial charge in [-0.3, -0.25) is 4.79 Å². The molecule has 6 nitrogen and oxygen atoms in total. The van der Waals surface area contributed by atoms with Gasteiger partial charge < -0.3 is 15.1 Å². The van der Waals surface area contributed by atoms with E-state index >= 15 is 0 Å². The van der Waals surface area contributed by atoms with Crippen LogP contribution in [0.3, 0.4) is 0 Å². The minimum atomic E-state index is -4.43. The van der Waals surface area contributed by atoms with Crippen LogP contribution in [-0.2, 0) is 11.0 Å². The fourth-order valence-corrected chi connectivity index (χ4v) is 2.88. The first-order valence-electron chi connectivity index (χ1n) is 7.59. The van der Waals surface area contributed by atoms with Gasteiger partial charge in [-0.15, -0.1) is 0 Å². The molecule has 0 bridgehead atoms. The summed E-state index contributed by atoms with van der Waals surface area (Å²) in [6.45, 7) is 3.73. The minimum Gasteiger partial charge on any atom is -0.339 e. The van der Waals surface area contributed by atoms with Crippen LogP contribution >= 0.6 is 0 Å². The summed E-state index contributed by atoms with van der Waals surface area (Å²) in [5.74, 6) is 0.472. The number of hydrogen-bond donors (Lipinski definition) is 1. The Hall–Kier alpha value is -1.90. The highest BCUT2D eigenvalue weighted by Crippen LogP contribution is 2.28. The van der Waals surface area contributed by atoms with Crippen molar-refractivity contribution in [3.8, 4) is 0 Å². The first-order valence-corrected chi connectivity index (χ1v) is 7.59. The van der Waals surface area contributed by atoms with E-state index in [0.29, 0.717) is 26.2 Å². The molecule has 3 heterocycles. The number of nitrogens with one attached hydrogen (secondary N) is 1. The standard InChI is InChI=1S/C14H18F3N5O/c15-14(16,17)11-8-19-13(20-9-11)22-5-3-21(4-6-22)12(23)10-1-2-18-7-10/h8-10,18H,1-7H2/t10-/m0/s1.